The van der Waals surface area contributed by atoms with E-state index in [0.717, 1.165) is 4.05 Å². The molecule has 10 heavy (non-hydrogen) atoms. The molecule has 0 spiro atoms. The maximum absolute atomic E-state index is 2.18. The van der Waals surface area contributed by atoms with Gasteiger partial charge in [-0.3, -0.25) is 0 Å². The van der Waals surface area contributed by atoms with Gasteiger partial charge in [0.15, 0.2) is 0 Å². The summed E-state index contributed by atoms with van der Waals surface area (Å²) in [6.07, 6.45) is 7.48. The molecular formula is C6H11Cl2LiMg. The first-order valence-corrected chi connectivity index (χ1v) is 4.04. The molecule has 0 heterocycles. The fourth-order valence-corrected chi connectivity index (χ4v) is 1.76. The standard InChI is InChI=1S/C6H11.2ClH.Li.Mg/c1-2-4-6-5-3-1;;;;/h1H,2-6H2;2*1H;;/q;;;2*+1/p-2. The van der Waals surface area contributed by atoms with E-state index in [9.17, 15) is 0 Å². The zero-order valence-electron chi connectivity index (χ0n) is 6.58. The van der Waals surface area contributed by atoms with Gasteiger partial charge in [-0.05, 0) is 0 Å². The summed E-state index contributed by atoms with van der Waals surface area (Å²) < 4.78 is 1.06. The van der Waals surface area contributed by atoms with Gasteiger partial charge in [0.2, 0.25) is 0 Å². The molecule has 0 bridgehead atoms. The van der Waals surface area contributed by atoms with Gasteiger partial charge in [0.1, 0.15) is 0 Å². The Morgan fingerprint density at radius 1 is 0.900 bits per heavy atom. The van der Waals surface area contributed by atoms with Crippen LogP contribution in [0.3, 0.4) is 0 Å². The van der Waals surface area contributed by atoms with Gasteiger partial charge in [0.25, 0.3) is 0 Å². The molecule has 4 heteroatoms. The second kappa shape index (κ2) is 10.9. The van der Waals surface area contributed by atoms with Crippen molar-refractivity contribution in [3.8, 4) is 0 Å². The van der Waals surface area contributed by atoms with Gasteiger partial charge < -0.3 is 24.8 Å². The van der Waals surface area contributed by atoms with Crippen LogP contribution in [0.2, 0.25) is 4.05 Å². The molecule has 0 unspecified atom stereocenters. The average Bonchev–Trinajstić information content (AvgIpc) is 1.69. The van der Waals surface area contributed by atoms with Crippen LogP contribution >= 0.6 is 0 Å². The number of hydrogen-bond acceptors (Lipinski definition) is 0. The number of halogens is 2. The summed E-state index contributed by atoms with van der Waals surface area (Å²) in [5.74, 6) is 0. The van der Waals surface area contributed by atoms with Crippen LogP contribution in [0.25, 0.3) is 0 Å². The first-order valence-electron chi connectivity index (χ1n) is 3.22. The zero-order valence-corrected chi connectivity index (χ0v) is 9.50. The first-order chi connectivity index (χ1) is 3.39. The van der Waals surface area contributed by atoms with E-state index < -0.39 is 0 Å². The van der Waals surface area contributed by atoms with Crippen LogP contribution < -0.4 is 43.7 Å². The molecule has 0 aliphatic heterocycles. The van der Waals surface area contributed by atoms with Crippen molar-refractivity contribution in [3.05, 3.63) is 0 Å². The Bertz CT molecular complexity index is 57.7. The van der Waals surface area contributed by atoms with Gasteiger partial charge in [-0.15, -0.1) is 0 Å². The molecule has 0 nitrogen and oxygen atoms in total. The zero-order chi connectivity index (χ0) is 5.11. The quantitative estimate of drug-likeness (QED) is 0.329. The number of hydrogen-bond donors (Lipinski definition) is 0. The summed E-state index contributed by atoms with van der Waals surface area (Å²) >= 11 is 2.18. The van der Waals surface area contributed by atoms with Crippen molar-refractivity contribution in [1.29, 1.82) is 0 Å². The second-order valence-electron chi connectivity index (χ2n) is 2.50. The minimum atomic E-state index is 0. The molecule has 0 amide bonds. The second-order valence-corrected chi connectivity index (χ2v) is 3.66. The summed E-state index contributed by atoms with van der Waals surface area (Å²) in [6.45, 7) is 0. The Kier molecular flexibility index (Phi) is 19.6. The molecule has 1 rings (SSSR count). The normalized spacial score (nSPS) is 17.8. The van der Waals surface area contributed by atoms with Crippen LogP contribution in [0.5, 0.6) is 0 Å². The Labute approximate surface area is 101 Å². The summed E-state index contributed by atoms with van der Waals surface area (Å²) in [4.78, 5) is 0. The third-order valence-electron chi connectivity index (χ3n) is 1.72. The van der Waals surface area contributed by atoms with Gasteiger partial charge in [0.05, 0.1) is 0 Å². The molecule has 1 fully saturated rings. The fourth-order valence-electron chi connectivity index (χ4n) is 1.19. The van der Waals surface area contributed by atoms with Gasteiger partial charge >= 0.3 is 76.7 Å². The van der Waals surface area contributed by atoms with Crippen molar-refractivity contribution in [1.82, 2.24) is 0 Å². The van der Waals surface area contributed by atoms with Gasteiger partial charge in [0, 0.05) is 0 Å². The van der Waals surface area contributed by atoms with Gasteiger partial charge in [-0.1, -0.05) is 0 Å². The van der Waals surface area contributed by atoms with Crippen LogP contribution in [0.1, 0.15) is 32.1 Å². The molecule has 1 saturated carbocycles. The average molecular weight is 185 g/mol. The Morgan fingerprint density at radius 2 is 1.30 bits per heavy atom. The Balaban J connectivity index is -0.000000163. The summed E-state index contributed by atoms with van der Waals surface area (Å²) in [7, 11) is 0. The van der Waals surface area contributed by atoms with Crippen molar-refractivity contribution < 1.29 is 43.7 Å². The molecule has 1 aliphatic carbocycles. The predicted octanol–water partition coefficient (Wildman–Crippen LogP) is -7.08. The molecule has 0 atom stereocenters. The molecule has 1 aliphatic rings. The summed E-state index contributed by atoms with van der Waals surface area (Å²) in [5, 5.41) is 0. The Morgan fingerprint density at radius 3 is 1.50 bits per heavy atom. The van der Waals surface area contributed by atoms with Crippen LogP contribution in [0.15, 0.2) is 0 Å². The van der Waals surface area contributed by atoms with Crippen molar-refractivity contribution >= 4 is 21.7 Å². The minimum absolute atomic E-state index is 0. The third kappa shape index (κ3) is 8.04. The van der Waals surface area contributed by atoms with E-state index in [4.69, 9.17) is 0 Å². The van der Waals surface area contributed by atoms with Gasteiger partial charge in [-0.25, -0.2) is 0 Å². The fraction of sp³-hybridized carbons (Fsp3) is 1.00. The molecule has 0 aromatic rings. The molecule has 0 saturated heterocycles. The SMILES string of the molecule is [Cl-].[Cl-].[Li+].[Mg+][CH]1CCCCC1. The van der Waals surface area contributed by atoms with E-state index in [1.165, 1.54) is 32.1 Å². The molecule has 0 radical (unpaired) electrons. The van der Waals surface area contributed by atoms with E-state index in [2.05, 4.69) is 21.7 Å². The Hall–Kier alpha value is 1.94. The molecule has 0 aromatic heterocycles. The van der Waals surface area contributed by atoms with E-state index in [1.54, 1.807) is 0 Å². The molecule has 52 valence electrons. The van der Waals surface area contributed by atoms with E-state index in [0.29, 0.717) is 0 Å². The third-order valence-corrected chi connectivity index (χ3v) is 2.54. The van der Waals surface area contributed by atoms with Crippen LogP contribution in [0.4, 0.5) is 0 Å². The molecular weight excluding hydrogens is 174 g/mol. The van der Waals surface area contributed by atoms with Crippen molar-refractivity contribution in [2.75, 3.05) is 0 Å². The summed E-state index contributed by atoms with van der Waals surface area (Å²) in [5.41, 5.74) is 0. The summed E-state index contributed by atoms with van der Waals surface area (Å²) in [6, 6.07) is 0. The molecule has 0 aromatic carbocycles. The van der Waals surface area contributed by atoms with Crippen molar-refractivity contribution in [2.45, 2.75) is 36.2 Å². The maximum atomic E-state index is 2.18. The van der Waals surface area contributed by atoms with E-state index >= 15 is 0 Å². The van der Waals surface area contributed by atoms with Crippen LogP contribution in [0, 0.1) is 0 Å². The van der Waals surface area contributed by atoms with Crippen LogP contribution in [-0.4, -0.2) is 21.7 Å². The monoisotopic (exact) mass is 184 g/mol. The predicted molar refractivity (Wildman–Crippen MR) is 32.6 cm³/mol. The van der Waals surface area contributed by atoms with Crippen LogP contribution in [-0.2, 0) is 0 Å². The first kappa shape index (κ1) is 17.9. The topological polar surface area (TPSA) is 0 Å². The number of rotatable bonds is 0. The molecule has 0 N–H and O–H groups in total. The van der Waals surface area contributed by atoms with E-state index in [-0.39, 0.29) is 43.7 Å². The van der Waals surface area contributed by atoms with Crippen molar-refractivity contribution in [3.63, 3.8) is 0 Å². The van der Waals surface area contributed by atoms with E-state index in [1.807, 2.05) is 0 Å². The van der Waals surface area contributed by atoms with Gasteiger partial charge in [-0.2, -0.15) is 0 Å². The van der Waals surface area contributed by atoms with Crippen molar-refractivity contribution in [2.24, 2.45) is 0 Å².